The van der Waals surface area contributed by atoms with Gasteiger partial charge in [0, 0.05) is 19.0 Å². The molecule has 0 aliphatic carbocycles. The summed E-state index contributed by atoms with van der Waals surface area (Å²) in [7, 11) is 1.63. The summed E-state index contributed by atoms with van der Waals surface area (Å²) >= 11 is 0. The highest BCUT2D eigenvalue weighted by atomic mass is 16.5. The third-order valence-electron chi connectivity index (χ3n) is 4.70. The molecule has 1 heterocycles. The molecule has 1 atom stereocenters. The molecule has 1 aliphatic rings. The van der Waals surface area contributed by atoms with E-state index in [1.54, 1.807) is 7.11 Å². The Morgan fingerprint density at radius 3 is 2.83 bits per heavy atom. The largest absolute Gasteiger partial charge is 0.497 e. The minimum atomic E-state index is -0.532. The molecule has 1 fully saturated rings. The summed E-state index contributed by atoms with van der Waals surface area (Å²) in [5, 5.41) is 13.5. The highest BCUT2D eigenvalue weighted by Gasteiger charge is 2.26. The second-order valence-electron chi connectivity index (χ2n) is 6.51. The molecule has 134 valence electrons. The summed E-state index contributed by atoms with van der Waals surface area (Å²) in [6, 6.07) is 7.56. The maximum Gasteiger partial charge on any atom is 0.223 e. The lowest BCUT2D eigenvalue weighted by Crippen LogP contribution is -2.42. The third kappa shape index (κ3) is 5.49. The molecule has 0 aromatic heterocycles. The van der Waals surface area contributed by atoms with Gasteiger partial charge in [0.1, 0.15) is 5.75 Å². The highest BCUT2D eigenvalue weighted by Crippen LogP contribution is 2.23. The number of β-amino-alcohol motifs (C(OH)–C–C–N with tert-alkyl or cyclic N) is 1. The van der Waals surface area contributed by atoms with Crippen molar-refractivity contribution in [1.82, 2.24) is 10.2 Å². The van der Waals surface area contributed by atoms with Crippen molar-refractivity contribution < 1.29 is 14.6 Å². The number of hydrogen-bond donors (Lipinski definition) is 2. The normalized spacial score (nSPS) is 17.5. The number of rotatable bonds is 8. The maximum atomic E-state index is 12.1. The fourth-order valence-electron chi connectivity index (χ4n) is 3.11. The molecule has 0 radical (unpaired) electrons. The molecule has 2 N–H and O–H groups in total. The topological polar surface area (TPSA) is 61.8 Å². The first-order valence-electron chi connectivity index (χ1n) is 8.96. The van der Waals surface area contributed by atoms with Gasteiger partial charge in [0.2, 0.25) is 5.91 Å². The van der Waals surface area contributed by atoms with E-state index in [1.807, 2.05) is 24.3 Å². The quantitative estimate of drug-likeness (QED) is 0.717. The minimum Gasteiger partial charge on any atom is -0.497 e. The fourth-order valence-corrected chi connectivity index (χ4v) is 3.11. The summed E-state index contributed by atoms with van der Waals surface area (Å²) in [6.07, 6.45) is 3.33. The molecule has 5 heteroatoms. The first-order valence-corrected chi connectivity index (χ1v) is 8.96. The fraction of sp³-hybridized carbons (Fsp3) is 0.632. The lowest BCUT2D eigenvalue weighted by atomic mass is 9.95. The van der Waals surface area contributed by atoms with Gasteiger partial charge in [-0.1, -0.05) is 25.5 Å². The zero-order valence-electron chi connectivity index (χ0n) is 14.8. The molecule has 2 rings (SSSR count). The van der Waals surface area contributed by atoms with Crippen LogP contribution in [-0.2, 0) is 4.79 Å². The van der Waals surface area contributed by atoms with Gasteiger partial charge in [0.25, 0.3) is 0 Å². The van der Waals surface area contributed by atoms with E-state index < -0.39 is 6.10 Å². The highest BCUT2D eigenvalue weighted by molar-refractivity contribution is 5.78. The van der Waals surface area contributed by atoms with Crippen LogP contribution in [0.15, 0.2) is 24.3 Å². The number of likely N-dealkylation sites (tertiary alicyclic amines) is 1. The van der Waals surface area contributed by atoms with Gasteiger partial charge in [-0.2, -0.15) is 0 Å². The number of unbranched alkanes of at least 4 members (excludes halogenated alkanes) is 1. The van der Waals surface area contributed by atoms with E-state index in [0.717, 1.165) is 56.6 Å². The van der Waals surface area contributed by atoms with Gasteiger partial charge in [-0.3, -0.25) is 4.79 Å². The van der Waals surface area contributed by atoms with Crippen LogP contribution < -0.4 is 10.1 Å². The number of aliphatic hydroxyl groups excluding tert-OH is 1. The number of carbonyl (C=O) groups excluding carboxylic acids is 1. The van der Waals surface area contributed by atoms with Crippen LogP contribution in [0.4, 0.5) is 0 Å². The number of aliphatic hydroxyl groups is 1. The Labute approximate surface area is 145 Å². The summed E-state index contributed by atoms with van der Waals surface area (Å²) in [6.45, 7) is 5.21. The number of nitrogens with zero attached hydrogens (tertiary/aromatic N) is 1. The van der Waals surface area contributed by atoms with Crippen LogP contribution in [0.2, 0.25) is 0 Å². The number of hydrogen-bond acceptors (Lipinski definition) is 4. The molecule has 1 aromatic rings. The van der Waals surface area contributed by atoms with Crippen molar-refractivity contribution in [3.63, 3.8) is 0 Å². The van der Waals surface area contributed by atoms with E-state index >= 15 is 0 Å². The maximum absolute atomic E-state index is 12.1. The van der Waals surface area contributed by atoms with Crippen molar-refractivity contribution in [3.8, 4) is 5.75 Å². The van der Waals surface area contributed by atoms with Crippen LogP contribution >= 0.6 is 0 Å². The Balaban J connectivity index is 1.76. The molecule has 1 aromatic carbocycles. The predicted octanol–water partition coefficient (Wildman–Crippen LogP) is 2.36. The van der Waals surface area contributed by atoms with Crippen molar-refractivity contribution in [3.05, 3.63) is 29.8 Å². The first kappa shape index (κ1) is 18.7. The van der Waals surface area contributed by atoms with Crippen molar-refractivity contribution in [1.29, 1.82) is 0 Å². The zero-order valence-corrected chi connectivity index (χ0v) is 14.8. The van der Waals surface area contributed by atoms with E-state index in [1.165, 1.54) is 0 Å². The number of nitrogens with one attached hydrogen (secondary N) is 1. The van der Waals surface area contributed by atoms with E-state index in [9.17, 15) is 9.90 Å². The Kier molecular flexibility index (Phi) is 7.53. The van der Waals surface area contributed by atoms with Gasteiger partial charge in [0.05, 0.1) is 13.2 Å². The van der Waals surface area contributed by atoms with Crippen molar-refractivity contribution >= 4 is 5.91 Å². The minimum absolute atomic E-state index is 0.118. The molecule has 0 saturated carbocycles. The zero-order chi connectivity index (χ0) is 17.4. The molecular weight excluding hydrogens is 304 g/mol. The van der Waals surface area contributed by atoms with Gasteiger partial charge in [0.15, 0.2) is 0 Å². The van der Waals surface area contributed by atoms with Gasteiger partial charge >= 0.3 is 0 Å². The Bertz CT molecular complexity index is 513. The standard InChI is InChI=1S/C19H30N2O3/c1-3-4-10-20-19(23)15-8-11-21(12-9-15)14-18(22)16-6-5-7-17(13-16)24-2/h5-7,13,15,18,22H,3-4,8-12,14H2,1-2H3,(H,20,23). The van der Waals surface area contributed by atoms with Crippen LogP contribution in [0.3, 0.4) is 0 Å². The number of piperidine rings is 1. The summed E-state index contributed by atoms with van der Waals surface area (Å²) in [5.74, 6) is 1.07. The molecule has 1 amide bonds. The van der Waals surface area contributed by atoms with Gasteiger partial charge in [-0.15, -0.1) is 0 Å². The Morgan fingerprint density at radius 2 is 2.17 bits per heavy atom. The molecule has 1 unspecified atom stereocenters. The molecule has 24 heavy (non-hydrogen) atoms. The smallest absolute Gasteiger partial charge is 0.223 e. The molecule has 5 nitrogen and oxygen atoms in total. The lowest BCUT2D eigenvalue weighted by Gasteiger charge is -2.32. The molecule has 1 aliphatic heterocycles. The summed E-state index contributed by atoms with van der Waals surface area (Å²) in [5.41, 5.74) is 0.869. The number of carbonyl (C=O) groups is 1. The van der Waals surface area contributed by atoms with Gasteiger partial charge in [-0.25, -0.2) is 0 Å². The van der Waals surface area contributed by atoms with Gasteiger partial charge in [-0.05, 0) is 50.0 Å². The molecule has 1 saturated heterocycles. The van der Waals surface area contributed by atoms with Crippen LogP contribution in [0.5, 0.6) is 5.75 Å². The van der Waals surface area contributed by atoms with E-state index in [0.29, 0.717) is 6.54 Å². The van der Waals surface area contributed by atoms with Crippen LogP contribution in [0.1, 0.15) is 44.3 Å². The molecular formula is C19H30N2O3. The predicted molar refractivity (Wildman–Crippen MR) is 95.0 cm³/mol. The molecule has 0 spiro atoms. The third-order valence-corrected chi connectivity index (χ3v) is 4.70. The van der Waals surface area contributed by atoms with Crippen molar-refractivity contribution in [2.75, 3.05) is 33.3 Å². The number of amides is 1. The van der Waals surface area contributed by atoms with Crippen LogP contribution in [0, 0.1) is 5.92 Å². The monoisotopic (exact) mass is 334 g/mol. The number of methoxy groups -OCH3 is 1. The van der Waals surface area contributed by atoms with E-state index in [-0.39, 0.29) is 11.8 Å². The number of ether oxygens (including phenoxy) is 1. The Hall–Kier alpha value is -1.59. The average molecular weight is 334 g/mol. The van der Waals surface area contributed by atoms with E-state index in [2.05, 4.69) is 17.1 Å². The average Bonchev–Trinajstić information content (AvgIpc) is 2.62. The van der Waals surface area contributed by atoms with Gasteiger partial charge < -0.3 is 20.1 Å². The molecule has 0 bridgehead atoms. The lowest BCUT2D eigenvalue weighted by molar-refractivity contribution is -0.126. The van der Waals surface area contributed by atoms with Crippen molar-refractivity contribution in [2.24, 2.45) is 5.92 Å². The Morgan fingerprint density at radius 1 is 1.42 bits per heavy atom. The summed E-state index contributed by atoms with van der Waals surface area (Å²) in [4.78, 5) is 14.3. The summed E-state index contributed by atoms with van der Waals surface area (Å²) < 4.78 is 5.21. The van der Waals surface area contributed by atoms with Crippen LogP contribution in [0.25, 0.3) is 0 Å². The van der Waals surface area contributed by atoms with Crippen molar-refractivity contribution in [2.45, 2.75) is 38.7 Å². The first-order chi connectivity index (χ1) is 11.6. The second-order valence-corrected chi connectivity index (χ2v) is 6.51. The van der Waals surface area contributed by atoms with E-state index in [4.69, 9.17) is 4.74 Å². The SMILES string of the molecule is CCCCNC(=O)C1CCN(CC(O)c2cccc(OC)c2)CC1. The van der Waals surface area contributed by atoms with Crippen LogP contribution in [-0.4, -0.2) is 49.2 Å². The number of benzene rings is 1. The second kappa shape index (κ2) is 9.64.